The number of carbonyl (C=O) groups is 1. The third-order valence-electron chi connectivity index (χ3n) is 2.12. The highest BCUT2D eigenvalue weighted by Crippen LogP contribution is 2.17. The quantitative estimate of drug-likeness (QED) is 0.502. The van der Waals surface area contributed by atoms with Gasteiger partial charge in [0, 0.05) is 6.08 Å². The highest BCUT2D eigenvalue weighted by Gasteiger charge is 2.06. The summed E-state index contributed by atoms with van der Waals surface area (Å²) in [6, 6.07) is 7.99. The molecular formula is C14H15NO3. The number of nitrogens with zero attached hydrogens (tertiary/aromatic N) is 1. The van der Waals surface area contributed by atoms with Crippen LogP contribution in [-0.2, 0) is 9.53 Å². The molecule has 0 fully saturated rings. The molecule has 18 heavy (non-hydrogen) atoms. The molecule has 0 aromatic heterocycles. The first-order valence-corrected chi connectivity index (χ1v) is 5.61. The molecule has 0 saturated carbocycles. The summed E-state index contributed by atoms with van der Waals surface area (Å²) in [5.74, 6) is -0.173. The summed E-state index contributed by atoms with van der Waals surface area (Å²) in [7, 11) is 0. The van der Waals surface area contributed by atoms with E-state index in [9.17, 15) is 4.79 Å². The molecule has 4 heteroatoms. The fourth-order valence-corrected chi connectivity index (χ4v) is 1.23. The van der Waals surface area contributed by atoms with Gasteiger partial charge in [0.1, 0.15) is 11.8 Å². The average Bonchev–Trinajstić information content (AvgIpc) is 2.34. The molecule has 0 bridgehead atoms. The van der Waals surface area contributed by atoms with Gasteiger partial charge >= 0.3 is 5.97 Å². The van der Waals surface area contributed by atoms with Gasteiger partial charge in [-0.3, -0.25) is 0 Å². The molecule has 1 aromatic carbocycles. The normalized spacial score (nSPS) is 11.1. The Morgan fingerprint density at radius 2 is 2.06 bits per heavy atom. The van der Waals surface area contributed by atoms with Crippen LogP contribution in [0.5, 0.6) is 5.75 Å². The SMILES string of the molecule is CC(C)COC(=O)C=C(C#N)c1ccc(O)cc1. The van der Waals surface area contributed by atoms with Crippen LogP contribution in [0.2, 0.25) is 0 Å². The number of allylic oxidation sites excluding steroid dienone is 1. The van der Waals surface area contributed by atoms with Gasteiger partial charge in [0.2, 0.25) is 0 Å². The van der Waals surface area contributed by atoms with Gasteiger partial charge in [-0.05, 0) is 35.7 Å². The molecule has 1 aromatic rings. The molecule has 0 amide bonds. The predicted octanol–water partition coefficient (Wildman–Crippen LogP) is 2.50. The maximum Gasteiger partial charge on any atom is 0.332 e. The smallest absolute Gasteiger partial charge is 0.332 e. The molecule has 0 aliphatic heterocycles. The second-order valence-corrected chi connectivity index (χ2v) is 4.24. The zero-order chi connectivity index (χ0) is 13.5. The van der Waals surface area contributed by atoms with Crippen LogP contribution in [0.1, 0.15) is 19.4 Å². The number of benzene rings is 1. The second-order valence-electron chi connectivity index (χ2n) is 4.24. The Kier molecular flexibility index (Phi) is 4.94. The molecule has 0 spiro atoms. The van der Waals surface area contributed by atoms with E-state index in [0.29, 0.717) is 12.2 Å². The highest BCUT2D eigenvalue weighted by atomic mass is 16.5. The van der Waals surface area contributed by atoms with E-state index in [0.717, 1.165) is 6.08 Å². The molecule has 0 radical (unpaired) electrons. The number of phenolic OH excluding ortho intramolecular Hbond substituents is 1. The van der Waals surface area contributed by atoms with Gasteiger partial charge in [0.15, 0.2) is 0 Å². The Labute approximate surface area is 106 Å². The lowest BCUT2D eigenvalue weighted by molar-refractivity contribution is -0.138. The molecule has 1 rings (SSSR count). The minimum atomic E-state index is -0.534. The van der Waals surface area contributed by atoms with Gasteiger partial charge in [-0.2, -0.15) is 5.26 Å². The molecule has 0 unspecified atom stereocenters. The number of aromatic hydroxyl groups is 1. The Morgan fingerprint density at radius 3 is 2.56 bits per heavy atom. The lowest BCUT2D eigenvalue weighted by atomic mass is 10.1. The van der Waals surface area contributed by atoms with Crippen molar-refractivity contribution in [1.29, 1.82) is 5.26 Å². The maximum atomic E-state index is 11.5. The van der Waals surface area contributed by atoms with Crippen molar-refractivity contribution in [3.63, 3.8) is 0 Å². The Morgan fingerprint density at radius 1 is 1.44 bits per heavy atom. The first-order chi connectivity index (χ1) is 8.52. The molecule has 4 nitrogen and oxygen atoms in total. The van der Waals surface area contributed by atoms with Crippen molar-refractivity contribution >= 4 is 11.5 Å². The standard InChI is InChI=1S/C14H15NO3/c1-10(2)9-18-14(17)7-12(8-15)11-3-5-13(16)6-4-11/h3-7,10,16H,9H2,1-2H3. The summed E-state index contributed by atoms with van der Waals surface area (Å²) in [5.41, 5.74) is 0.778. The fraction of sp³-hybridized carbons (Fsp3) is 0.286. The van der Waals surface area contributed by atoms with Gasteiger partial charge in [-0.1, -0.05) is 13.8 Å². The third-order valence-corrected chi connectivity index (χ3v) is 2.12. The van der Waals surface area contributed by atoms with Crippen LogP contribution < -0.4 is 0 Å². The van der Waals surface area contributed by atoms with Crippen LogP contribution in [0.15, 0.2) is 30.3 Å². The van der Waals surface area contributed by atoms with Crippen LogP contribution >= 0.6 is 0 Å². The summed E-state index contributed by atoms with van der Waals surface area (Å²) >= 11 is 0. The van der Waals surface area contributed by atoms with Crippen molar-refractivity contribution in [3.8, 4) is 11.8 Å². The zero-order valence-electron chi connectivity index (χ0n) is 10.4. The first-order valence-electron chi connectivity index (χ1n) is 5.61. The topological polar surface area (TPSA) is 70.3 Å². The van der Waals surface area contributed by atoms with Gasteiger partial charge in [0.25, 0.3) is 0 Å². The van der Waals surface area contributed by atoms with Gasteiger partial charge < -0.3 is 9.84 Å². The summed E-state index contributed by atoms with van der Waals surface area (Å²) in [6.07, 6.45) is 1.16. The highest BCUT2D eigenvalue weighted by molar-refractivity contribution is 5.95. The third kappa shape index (κ3) is 4.30. The van der Waals surface area contributed by atoms with Crippen molar-refractivity contribution in [2.24, 2.45) is 5.92 Å². The number of esters is 1. The van der Waals surface area contributed by atoms with Crippen molar-refractivity contribution in [2.75, 3.05) is 6.61 Å². The first kappa shape index (κ1) is 13.8. The van der Waals surface area contributed by atoms with Crippen LogP contribution in [0.3, 0.4) is 0 Å². The number of nitriles is 1. The number of hydrogen-bond acceptors (Lipinski definition) is 4. The minimum absolute atomic E-state index is 0.110. The molecule has 0 saturated heterocycles. The molecule has 0 heterocycles. The Hall–Kier alpha value is -2.28. The number of phenols is 1. The summed E-state index contributed by atoms with van der Waals surface area (Å²) in [4.78, 5) is 11.5. The van der Waals surface area contributed by atoms with Crippen molar-refractivity contribution < 1.29 is 14.6 Å². The summed E-state index contributed by atoms with van der Waals surface area (Å²) < 4.78 is 4.97. The minimum Gasteiger partial charge on any atom is -0.508 e. The Balaban J connectivity index is 2.80. The molecule has 0 aliphatic rings. The summed E-state index contributed by atoms with van der Waals surface area (Å²) in [6.45, 7) is 4.19. The predicted molar refractivity (Wildman–Crippen MR) is 67.5 cm³/mol. The monoisotopic (exact) mass is 245 g/mol. The van der Waals surface area contributed by atoms with Gasteiger partial charge in [-0.15, -0.1) is 0 Å². The largest absolute Gasteiger partial charge is 0.508 e. The lowest BCUT2D eigenvalue weighted by Gasteiger charge is -2.05. The Bertz CT molecular complexity index is 481. The summed E-state index contributed by atoms with van der Waals surface area (Å²) in [5, 5.41) is 18.1. The zero-order valence-corrected chi connectivity index (χ0v) is 10.4. The van der Waals surface area contributed by atoms with Gasteiger partial charge in [-0.25, -0.2) is 4.79 Å². The van der Waals surface area contributed by atoms with E-state index in [1.165, 1.54) is 12.1 Å². The van der Waals surface area contributed by atoms with E-state index in [-0.39, 0.29) is 17.2 Å². The van der Waals surface area contributed by atoms with Crippen molar-refractivity contribution in [2.45, 2.75) is 13.8 Å². The molecular weight excluding hydrogens is 230 g/mol. The van der Waals surface area contributed by atoms with Crippen molar-refractivity contribution in [3.05, 3.63) is 35.9 Å². The van der Waals surface area contributed by atoms with E-state index in [2.05, 4.69) is 0 Å². The molecule has 94 valence electrons. The van der Waals surface area contributed by atoms with E-state index >= 15 is 0 Å². The van der Waals surface area contributed by atoms with Crippen LogP contribution in [-0.4, -0.2) is 17.7 Å². The van der Waals surface area contributed by atoms with Crippen LogP contribution in [0.25, 0.3) is 5.57 Å². The number of rotatable bonds is 4. The van der Waals surface area contributed by atoms with E-state index in [4.69, 9.17) is 15.1 Å². The number of carbonyl (C=O) groups excluding carboxylic acids is 1. The maximum absolute atomic E-state index is 11.5. The second kappa shape index (κ2) is 6.45. The van der Waals surface area contributed by atoms with Crippen LogP contribution in [0.4, 0.5) is 0 Å². The van der Waals surface area contributed by atoms with E-state index < -0.39 is 5.97 Å². The van der Waals surface area contributed by atoms with Crippen molar-refractivity contribution in [1.82, 2.24) is 0 Å². The van der Waals surface area contributed by atoms with Crippen LogP contribution in [0, 0.1) is 17.2 Å². The average molecular weight is 245 g/mol. The van der Waals surface area contributed by atoms with Gasteiger partial charge in [0.05, 0.1) is 12.2 Å². The van der Waals surface area contributed by atoms with E-state index in [1.54, 1.807) is 12.1 Å². The molecule has 0 atom stereocenters. The van der Waals surface area contributed by atoms with E-state index in [1.807, 2.05) is 19.9 Å². The molecule has 1 N–H and O–H groups in total. The number of hydrogen-bond donors (Lipinski definition) is 1. The molecule has 0 aliphatic carbocycles. The fourth-order valence-electron chi connectivity index (χ4n) is 1.23. The number of ether oxygens (including phenoxy) is 1. The lowest BCUT2D eigenvalue weighted by Crippen LogP contribution is -2.07.